The molecule has 0 aliphatic rings. The van der Waals surface area contributed by atoms with Crippen LogP contribution in [0.4, 0.5) is 0 Å². The molecule has 52 heavy (non-hydrogen) atoms. The summed E-state index contributed by atoms with van der Waals surface area (Å²) in [4.78, 5) is 37.5. The van der Waals surface area contributed by atoms with E-state index in [4.69, 9.17) is 14.2 Å². The fourth-order valence-electron chi connectivity index (χ4n) is 6.80. The Balaban J connectivity index is 4.19. The van der Waals surface area contributed by atoms with Gasteiger partial charge in [0.1, 0.15) is 13.2 Å². The lowest BCUT2D eigenvalue weighted by molar-refractivity contribution is -0.167. The second-order valence-corrected chi connectivity index (χ2v) is 16.2. The standard InChI is InChI=1S/C46H88O6/c1-5-7-9-11-13-14-15-16-17-18-19-20-21-22-23-25-31-35-39-46(49)52-43(40-50-44(47)37-33-29-24-12-10-8-6-2)41-51-45(48)38-34-30-27-26-28-32-36-42(3)4/h42-43H,5-41H2,1-4H3/t43-/m1/s1. The van der Waals surface area contributed by atoms with Crippen molar-refractivity contribution in [3.63, 3.8) is 0 Å². The van der Waals surface area contributed by atoms with Crippen molar-refractivity contribution >= 4 is 17.9 Å². The highest BCUT2D eigenvalue weighted by atomic mass is 16.6. The molecule has 0 radical (unpaired) electrons. The third-order valence-corrected chi connectivity index (χ3v) is 10.3. The third kappa shape index (κ3) is 39.6. The van der Waals surface area contributed by atoms with Crippen molar-refractivity contribution in [2.45, 2.75) is 259 Å². The van der Waals surface area contributed by atoms with Crippen molar-refractivity contribution in [3.05, 3.63) is 0 Å². The van der Waals surface area contributed by atoms with Crippen LogP contribution in [0.2, 0.25) is 0 Å². The van der Waals surface area contributed by atoms with Gasteiger partial charge in [-0.05, 0) is 25.2 Å². The Morgan fingerprint density at radius 2 is 0.635 bits per heavy atom. The summed E-state index contributed by atoms with van der Waals surface area (Å²) in [6.45, 7) is 8.89. The zero-order valence-corrected chi connectivity index (χ0v) is 35.3. The fraction of sp³-hybridized carbons (Fsp3) is 0.935. The number of carbonyl (C=O) groups is 3. The number of rotatable bonds is 41. The maximum absolute atomic E-state index is 12.7. The Morgan fingerprint density at radius 3 is 0.942 bits per heavy atom. The van der Waals surface area contributed by atoms with E-state index in [1.165, 1.54) is 148 Å². The molecule has 0 heterocycles. The van der Waals surface area contributed by atoms with Crippen molar-refractivity contribution in [1.29, 1.82) is 0 Å². The summed E-state index contributed by atoms with van der Waals surface area (Å²) in [7, 11) is 0. The topological polar surface area (TPSA) is 78.9 Å². The van der Waals surface area contributed by atoms with Crippen LogP contribution in [0.25, 0.3) is 0 Å². The van der Waals surface area contributed by atoms with E-state index in [0.717, 1.165) is 63.7 Å². The number of esters is 3. The van der Waals surface area contributed by atoms with Crippen molar-refractivity contribution in [2.24, 2.45) is 5.92 Å². The molecular weight excluding hydrogens is 648 g/mol. The number of unbranched alkanes of at least 4 members (excludes halogenated alkanes) is 28. The van der Waals surface area contributed by atoms with Crippen molar-refractivity contribution in [1.82, 2.24) is 0 Å². The molecule has 0 unspecified atom stereocenters. The predicted molar refractivity (Wildman–Crippen MR) is 220 cm³/mol. The van der Waals surface area contributed by atoms with Gasteiger partial charge >= 0.3 is 17.9 Å². The summed E-state index contributed by atoms with van der Waals surface area (Å²) in [6, 6.07) is 0. The molecule has 0 aromatic carbocycles. The van der Waals surface area contributed by atoms with Crippen molar-refractivity contribution in [3.8, 4) is 0 Å². The van der Waals surface area contributed by atoms with Crippen LogP contribution in [-0.2, 0) is 28.6 Å². The van der Waals surface area contributed by atoms with Crippen LogP contribution >= 0.6 is 0 Å². The summed E-state index contributed by atoms with van der Waals surface area (Å²) < 4.78 is 16.6. The first kappa shape index (κ1) is 50.4. The minimum Gasteiger partial charge on any atom is -0.462 e. The molecule has 0 rings (SSSR count). The van der Waals surface area contributed by atoms with Gasteiger partial charge < -0.3 is 14.2 Å². The van der Waals surface area contributed by atoms with Gasteiger partial charge in [0.25, 0.3) is 0 Å². The first-order valence-corrected chi connectivity index (χ1v) is 22.9. The van der Waals surface area contributed by atoms with Gasteiger partial charge in [0, 0.05) is 19.3 Å². The summed E-state index contributed by atoms with van der Waals surface area (Å²) in [5.74, 6) is -0.102. The van der Waals surface area contributed by atoms with Crippen LogP contribution in [-0.4, -0.2) is 37.2 Å². The molecule has 0 aliphatic carbocycles. The Hall–Kier alpha value is -1.59. The minimum absolute atomic E-state index is 0.0656. The van der Waals surface area contributed by atoms with E-state index in [0.29, 0.717) is 19.3 Å². The second kappa shape index (κ2) is 40.6. The monoisotopic (exact) mass is 737 g/mol. The number of hydrogen-bond donors (Lipinski definition) is 0. The fourth-order valence-corrected chi connectivity index (χ4v) is 6.80. The normalized spacial score (nSPS) is 11.9. The molecule has 0 spiro atoms. The summed E-state index contributed by atoms with van der Waals surface area (Å²) in [5, 5.41) is 0. The maximum Gasteiger partial charge on any atom is 0.306 e. The zero-order chi connectivity index (χ0) is 38.2. The molecule has 6 nitrogen and oxygen atoms in total. The first-order chi connectivity index (χ1) is 25.4. The van der Waals surface area contributed by atoms with Crippen LogP contribution in [0.15, 0.2) is 0 Å². The largest absolute Gasteiger partial charge is 0.462 e. The van der Waals surface area contributed by atoms with Crippen LogP contribution in [0.5, 0.6) is 0 Å². The Bertz CT molecular complexity index is 781. The number of hydrogen-bond acceptors (Lipinski definition) is 6. The number of carbonyl (C=O) groups excluding carboxylic acids is 3. The second-order valence-electron chi connectivity index (χ2n) is 16.2. The van der Waals surface area contributed by atoms with Gasteiger partial charge in [0.05, 0.1) is 0 Å². The van der Waals surface area contributed by atoms with Gasteiger partial charge in [-0.1, -0.05) is 214 Å². The number of ether oxygens (including phenoxy) is 3. The van der Waals surface area contributed by atoms with Gasteiger partial charge in [0.15, 0.2) is 6.10 Å². The predicted octanol–water partition coefficient (Wildman–Crippen LogP) is 14.3. The molecule has 0 bridgehead atoms. The van der Waals surface area contributed by atoms with E-state index in [-0.39, 0.29) is 31.1 Å². The molecule has 0 saturated heterocycles. The van der Waals surface area contributed by atoms with Gasteiger partial charge in [-0.2, -0.15) is 0 Å². The van der Waals surface area contributed by atoms with E-state index < -0.39 is 6.10 Å². The molecule has 0 aromatic heterocycles. The molecule has 1 atom stereocenters. The van der Waals surface area contributed by atoms with Crippen LogP contribution in [0.1, 0.15) is 252 Å². The summed E-state index contributed by atoms with van der Waals surface area (Å²) in [6.07, 6.45) is 39.7. The molecule has 308 valence electrons. The van der Waals surface area contributed by atoms with Crippen molar-refractivity contribution < 1.29 is 28.6 Å². The molecule has 0 aromatic rings. The Labute approximate surface area is 323 Å². The first-order valence-electron chi connectivity index (χ1n) is 22.9. The third-order valence-electron chi connectivity index (χ3n) is 10.3. The summed E-state index contributed by atoms with van der Waals surface area (Å²) >= 11 is 0. The van der Waals surface area contributed by atoms with Crippen molar-refractivity contribution in [2.75, 3.05) is 13.2 Å². The quantitative estimate of drug-likeness (QED) is 0.0353. The van der Waals surface area contributed by atoms with E-state index in [1.54, 1.807) is 0 Å². The average Bonchev–Trinajstić information content (AvgIpc) is 3.12. The van der Waals surface area contributed by atoms with Gasteiger partial charge in [-0.3, -0.25) is 14.4 Å². The van der Waals surface area contributed by atoms with E-state index in [1.807, 2.05) is 0 Å². The van der Waals surface area contributed by atoms with Gasteiger partial charge in [-0.25, -0.2) is 0 Å². The lowest BCUT2D eigenvalue weighted by Crippen LogP contribution is -2.30. The highest BCUT2D eigenvalue weighted by Crippen LogP contribution is 2.16. The molecule has 0 saturated carbocycles. The molecule has 0 aliphatic heterocycles. The van der Waals surface area contributed by atoms with Crippen LogP contribution < -0.4 is 0 Å². The Kier molecular flexibility index (Phi) is 39.4. The highest BCUT2D eigenvalue weighted by Gasteiger charge is 2.19. The highest BCUT2D eigenvalue weighted by molar-refractivity contribution is 5.71. The Morgan fingerprint density at radius 1 is 0.365 bits per heavy atom. The van der Waals surface area contributed by atoms with Crippen LogP contribution in [0, 0.1) is 5.92 Å². The zero-order valence-electron chi connectivity index (χ0n) is 35.3. The lowest BCUT2D eigenvalue weighted by atomic mass is 10.0. The maximum atomic E-state index is 12.7. The van der Waals surface area contributed by atoms with E-state index in [2.05, 4.69) is 27.7 Å². The summed E-state index contributed by atoms with van der Waals surface area (Å²) in [5.41, 5.74) is 0. The molecule has 0 amide bonds. The van der Waals surface area contributed by atoms with Gasteiger partial charge in [-0.15, -0.1) is 0 Å². The SMILES string of the molecule is CCCCCCCCCCCCCCCCCCCCC(=O)O[C@H](COC(=O)CCCCCCCCC)COC(=O)CCCCCCCCC(C)C. The van der Waals surface area contributed by atoms with E-state index in [9.17, 15) is 14.4 Å². The molecule has 6 heteroatoms. The van der Waals surface area contributed by atoms with E-state index >= 15 is 0 Å². The molecular formula is C46H88O6. The van der Waals surface area contributed by atoms with Crippen LogP contribution in [0.3, 0.4) is 0 Å². The smallest absolute Gasteiger partial charge is 0.306 e. The van der Waals surface area contributed by atoms with Gasteiger partial charge in [0.2, 0.25) is 0 Å². The molecule has 0 fully saturated rings. The molecule has 0 N–H and O–H groups in total. The average molecular weight is 737 g/mol. The minimum atomic E-state index is -0.758. The lowest BCUT2D eigenvalue weighted by Gasteiger charge is -2.18.